The second-order valence-electron chi connectivity index (χ2n) is 2.80. The molecule has 2 aromatic rings. The van der Waals surface area contributed by atoms with Crippen molar-refractivity contribution in [2.75, 3.05) is 0 Å². The van der Waals surface area contributed by atoms with E-state index in [-0.39, 0.29) is 0 Å². The van der Waals surface area contributed by atoms with E-state index >= 15 is 0 Å². The van der Waals surface area contributed by atoms with Gasteiger partial charge >= 0.3 is 7.12 Å². The van der Waals surface area contributed by atoms with Crippen molar-refractivity contribution < 1.29 is 10.0 Å². The summed E-state index contributed by atoms with van der Waals surface area (Å²) in [6.07, 6.45) is 0. The number of hydrogen-bond donors (Lipinski definition) is 2. The second kappa shape index (κ2) is 3.72. The van der Waals surface area contributed by atoms with Crippen LogP contribution in [0.2, 0.25) is 9.36 Å². The molecule has 0 bridgehead atoms. The molecule has 1 aromatic carbocycles. The van der Waals surface area contributed by atoms with Gasteiger partial charge in [0.1, 0.15) is 0 Å². The first kappa shape index (κ1) is 10.3. The molecule has 0 amide bonds. The Kier molecular flexibility index (Phi) is 2.73. The fourth-order valence-corrected chi connectivity index (χ4v) is 2.85. The largest absolute Gasteiger partial charge is 0.491 e. The molecule has 0 atom stereocenters. The summed E-state index contributed by atoms with van der Waals surface area (Å²) in [6, 6.07) is 5.22. The maximum atomic E-state index is 9.12. The van der Waals surface area contributed by atoms with Crippen LogP contribution in [-0.4, -0.2) is 17.2 Å². The molecule has 72 valence electrons. The van der Waals surface area contributed by atoms with Gasteiger partial charge in [-0.15, -0.1) is 11.3 Å². The summed E-state index contributed by atoms with van der Waals surface area (Å²) in [5, 5.41) is 19.5. The van der Waals surface area contributed by atoms with E-state index in [1.54, 1.807) is 18.2 Å². The van der Waals surface area contributed by atoms with Crippen LogP contribution in [0, 0.1) is 0 Å². The lowest BCUT2D eigenvalue weighted by atomic mass is 9.80. The molecule has 0 unspecified atom stereocenters. The maximum absolute atomic E-state index is 9.12. The minimum absolute atomic E-state index is 0.328. The van der Waals surface area contributed by atoms with Gasteiger partial charge in [-0.25, -0.2) is 0 Å². The summed E-state index contributed by atoms with van der Waals surface area (Å²) < 4.78 is 1.28. The SMILES string of the molecule is OB(O)c1c(Cl)sc2ccc(Cl)cc12. The van der Waals surface area contributed by atoms with Crippen molar-refractivity contribution in [1.82, 2.24) is 0 Å². The molecular formula is C8H5BCl2O2S. The molecule has 2 N–H and O–H groups in total. The molecule has 2 rings (SSSR count). The lowest BCUT2D eigenvalue weighted by Crippen LogP contribution is -2.29. The predicted molar refractivity (Wildman–Crippen MR) is 61.7 cm³/mol. The molecule has 1 aromatic heterocycles. The highest BCUT2D eigenvalue weighted by Gasteiger charge is 2.21. The number of hydrogen-bond acceptors (Lipinski definition) is 3. The zero-order valence-corrected chi connectivity index (χ0v) is 9.20. The highest BCUT2D eigenvalue weighted by atomic mass is 35.5. The van der Waals surface area contributed by atoms with Crippen LogP contribution in [0.1, 0.15) is 0 Å². The molecule has 0 saturated carbocycles. The lowest BCUT2D eigenvalue weighted by molar-refractivity contribution is 0.426. The van der Waals surface area contributed by atoms with Crippen LogP contribution in [0.15, 0.2) is 18.2 Å². The van der Waals surface area contributed by atoms with Crippen molar-refractivity contribution in [3.05, 3.63) is 27.6 Å². The highest BCUT2D eigenvalue weighted by Crippen LogP contribution is 2.29. The van der Waals surface area contributed by atoms with Gasteiger partial charge in [0.05, 0.1) is 4.34 Å². The summed E-state index contributed by atoms with van der Waals surface area (Å²) in [5.74, 6) is 0. The molecule has 0 aliphatic heterocycles. The topological polar surface area (TPSA) is 40.5 Å². The molecule has 14 heavy (non-hydrogen) atoms. The molecule has 0 aliphatic rings. The number of benzene rings is 1. The van der Waals surface area contributed by atoms with Gasteiger partial charge in [0.2, 0.25) is 0 Å². The minimum Gasteiger partial charge on any atom is -0.423 e. The van der Waals surface area contributed by atoms with Crippen LogP contribution < -0.4 is 5.46 Å². The summed E-state index contributed by atoms with van der Waals surface area (Å²) in [4.78, 5) is 0. The van der Waals surface area contributed by atoms with Gasteiger partial charge in [-0.1, -0.05) is 23.2 Å². The van der Waals surface area contributed by atoms with Crippen molar-refractivity contribution >= 4 is 57.2 Å². The third kappa shape index (κ3) is 1.64. The fraction of sp³-hybridized carbons (Fsp3) is 0. The Morgan fingerprint density at radius 2 is 1.93 bits per heavy atom. The monoisotopic (exact) mass is 246 g/mol. The molecule has 2 nitrogen and oxygen atoms in total. The normalized spacial score (nSPS) is 10.9. The van der Waals surface area contributed by atoms with Crippen LogP contribution >= 0.6 is 34.5 Å². The Labute approximate surface area is 94.8 Å². The van der Waals surface area contributed by atoms with Crippen LogP contribution in [-0.2, 0) is 0 Å². The number of halogens is 2. The van der Waals surface area contributed by atoms with E-state index in [9.17, 15) is 0 Å². The van der Waals surface area contributed by atoms with Crippen LogP contribution in [0.25, 0.3) is 10.1 Å². The van der Waals surface area contributed by atoms with E-state index < -0.39 is 7.12 Å². The van der Waals surface area contributed by atoms with Crippen LogP contribution in [0.5, 0.6) is 0 Å². The highest BCUT2D eigenvalue weighted by molar-refractivity contribution is 7.24. The third-order valence-electron chi connectivity index (χ3n) is 1.90. The first-order chi connectivity index (χ1) is 6.59. The van der Waals surface area contributed by atoms with Crippen LogP contribution in [0.4, 0.5) is 0 Å². The van der Waals surface area contributed by atoms with Gasteiger partial charge in [-0.3, -0.25) is 0 Å². The Morgan fingerprint density at radius 1 is 1.21 bits per heavy atom. The molecule has 0 saturated heterocycles. The van der Waals surface area contributed by atoms with Crippen molar-refractivity contribution in [3.63, 3.8) is 0 Å². The van der Waals surface area contributed by atoms with Crippen molar-refractivity contribution in [2.24, 2.45) is 0 Å². The van der Waals surface area contributed by atoms with Gasteiger partial charge in [0, 0.05) is 15.2 Å². The average Bonchev–Trinajstić information content (AvgIpc) is 2.40. The molecule has 1 heterocycles. The number of thiophene rings is 1. The van der Waals surface area contributed by atoms with Gasteiger partial charge in [0.15, 0.2) is 0 Å². The first-order valence-electron chi connectivity index (χ1n) is 3.83. The summed E-state index contributed by atoms with van der Waals surface area (Å²) in [5.41, 5.74) is 0.328. The Bertz CT molecular complexity index is 483. The zero-order chi connectivity index (χ0) is 10.3. The smallest absolute Gasteiger partial charge is 0.423 e. The molecular weight excluding hydrogens is 242 g/mol. The Morgan fingerprint density at radius 3 is 2.57 bits per heavy atom. The lowest BCUT2D eigenvalue weighted by Gasteiger charge is -1.97. The summed E-state index contributed by atoms with van der Waals surface area (Å²) in [6.45, 7) is 0. The molecule has 0 aliphatic carbocycles. The van der Waals surface area contributed by atoms with Crippen LogP contribution in [0.3, 0.4) is 0 Å². The van der Waals surface area contributed by atoms with Gasteiger partial charge < -0.3 is 10.0 Å². The molecule has 0 spiro atoms. The van der Waals surface area contributed by atoms with Gasteiger partial charge in [-0.05, 0) is 23.6 Å². The quantitative estimate of drug-likeness (QED) is 0.755. The zero-order valence-electron chi connectivity index (χ0n) is 6.87. The predicted octanol–water partition coefficient (Wildman–Crippen LogP) is 1.89. The van der Waals surface area contributed by atoms with E-state index in [1.807, 2.05) is 0 Å². The fourth-order valence-electron chi connectivity index (χ4n) is 1.30. The van der Waals surface area contributed by atoms with E-state index in [4.69, 9.17) is 33.2 Å². The Balaban J connectivity index is 2.79. The summed E-state index contributed by atoms with van der Waals surface area (Å²) >= 11 is 13.0. The number of fused-ring (bicyclic) bond motifs is 1. The first-order valence-corrected chi connectivity index (χ1v) is 5.40. The van der Waals surface area contributed by atoms with Crippen molar-refractivity contribution in [3.8, 4) is 0 Å². The maximum Gasteiger partial charge on any atom is 0.491 e. The van der Waals surface area contributed by atoms with E-state index in [0.29, 0.717) is 20.2 Å². The minimum atomic E-state index is -1.56. The van der Waals surface area contributed by atoms with E-state index in [2.05, 4.69) is 0 Å². The van der Waals surface area contributed by atoms with Crippen molar-refractivity contribution in [1.29, 1.82) is 0 Å². The number of rotatable bonds is 1. The van der Waals surface area contributed by atoms with E-state index in [0.717, 1.165) is 4.70 Å². The molecule has 0 radical (unpaired) electrons. The molecule has 0 fully saturated rings. The Hall–Kier alpha value is -0.255. The third-order valence-corrected chi connectivity index (χ3v) is 3.55. The average molecular weight is 247 g/mol. The van der Waals surface area contributed by atoms with E-state index in [1.165, 1.54) is 11.3 Å². The van der Waals surface area contributed by atoms with Gasteiger partial charge in [-0.2, -0.15) is 0 Å². The van der Waals surface area contributed by atoms with Gasteiger partial charge in [0.25, 0.3) is 0 Å². The second-order valence-corrected chi connectivity index (χ2v) is 4.89. The summed E-state index contributed by atoms with van der Waals surface area (Å²) in [7, 11) is -1.56. The van der Waals surface area contributed by atoms with Crippen molar-refractivity contribution in [2.45, 2.75) is 0 Å². The molecule has 6 heteroatoms. The standard InChI is InChI=1S/C8H5BCl2O2S/c10-4-1-2-6-5(3-4)7(9(12)13)8(11)14-6/h1-3,12-13H.